The molecule has 18 heavy (non-hydrogen) atoms. The molecule has 2 aromatic carbocycles. The van der Waals surface area contributed by atoms with Gasteiger partial charge < -0.3 is 25.5 Å². The largest absolute Gasteiger partial charge is 0.508 e. The van der Waals surface area contributed by atoms with Gasteiger partial charge in [0.1, 0.15) is 11.5 Å². The number of para-hydroxylation sites is 1. The van der Waals surface area contributed by atoms with Crippen LogP contribution in [0.4, 0.5) is 0 Å². The first-order chi connectivity index (χ1) is 8.41. The van der Waals surface area contributed by atoms with E-state index in [-0.39, 0.29) is 23.0 Å². The molecule has 5 N–H and O–H groups in total. The van der Waals surface area contributed by atoms with Gasteiger partial charge in [-0.25, -0.2) is 0 Å². The first-order valence-corrected chi connectivity index (χ1v) is 5.10. The molecule has 5 heteroatoms. The van der Waals surface area contributed by atoms with Gasteiger partial charge in [0.25, 0.3) is 0 Å². The van der Waals surface area contributed by atoms with Gasteiger partial charge in [-0.2, -0.15) is 0 Å². The molecule has 0 fully saturated rings. The van der Waals surface area contributed by atoms with Crippen LogP contribution in [0.5, 0.6) is 28.7 Å². The Balaban J connectivity index is 0.000000180. The predicted molar refractivity (Wildman–Crippen MR) is 65.9 cm³/mol. The second-order valence-electron chi connectivity index (χ2n) is 3.62. The minimum Gasteiger partial charge on any atom is -0.508 e. The van der Waals surface area contributed by atoms with Crippen LogP contribution in [-0.4, -0.2) is 25.5 Å². The van der Waals surface area contributed by atoms with Gasteiger partial charge in [-0.1, -0.05) is 12.1 Å². The van der Waals surface area contributed by atoms with Gasteiger partial charge in [-0.05, 0) is 30.7 Å². The summed E-state index contributed by atoms with van der Waals surface area (Å²) in [5, 5.41) is 43.8. The van der Waals surface area contributed by atoms with Crippen molar-refractivity contribution in [2.45, 2.75) is 6.92 Å². The van der Waals surface area contributed by atoms with Crippen molar-refractivity contribution in [3.05, 3.63) is 42.0 Å². The summed E-state index contributed by atoms with van der Waals surface area (Å²) in [5.41, 5.74) is 0.771. The molecule has 5 nitrogen and oxygen atoms in total. The molecule has 0 aliphatic carbocycles. The van der Waals surface area contributed by atoms with Crippen LogP contribution in [0.1, 0.15) is 5.56 Å². The van der Waals surface area contributed by atoms with E-state index >= 15 is 0 Å². The molecule has 0 heterocycles. The van der Waals surface area contributed by atoms with E-state index in [4.69, 9.17) is 25.5 Å². The molecule has 0 saturated heterocycles. The summed E-state index contributed by atoms with van der Waals surface area (Å²) in [5.74, 6) is -0.865. The van der Waals surface area contributed by atoms with Gasteiger partial charge in [-0.3, -0.25) is 0 Å². The Morgan fingerprint density at radius 2 is 1.28 bits per heavy atom. The maximum atomic E-state index is 8.94. The van der Waals surface area contributed by atoms with Gasteiger partial charge >= 0.3 is 0 Å². The van der Waals surface area contributed by atoms with Crippen LogP contribution in [0, 0.1) is 6.92 Å². The normalized spacial score (nSPS) is 9.39. The molecule has 0 radical (unpaired) electrons. The molecule has 0 aliphatic heterocycles. The summed E-state index contributed by atoms with van der Waals surface area (Å²) in [6.45, 7) is 1.77. The van der Waals surface area contributed by atoms with Gasteiger partial charge in [0, 0.05) is 6.07 Å². The molecule has 0 saturated carbocycles. The highest BCUT2D eigenvalue weighted by Crippen LogP contribution is 2.32. The minimum atomic E-state index is -0.475. The van der Waals surface area contributed by atoms with Gasteiger partial charge in [0.15, 0.2) is 17.2 Å². The number of rotatable bonds is 0. The second-order valence-corrected chi connectivity index (χ2v) is 3.62. The van der Waals surface area contributed by atoms with E-state index in [1.165, 1.54) is 30.3 Å². The highest BCUT2D eigenvalue weighted by molar-refractivity contribution is 5.47. The number of phenols is 5. The van der Waals surface area contributed by atoms with E-state index in [0.717, 1.165) is 5.56 Å². The number of aromatic hydroxyl groups is 5. The maximum Gasteiger partial charge on any atom is 0.200 e. The van der Waals surface area contributed by atoms with Crippen molar-refractivity contribution in [2.24, 2.45) is 0 Å². The lowest BCUT2D eigenvalue weighted by atomic mass is 10.2. The van der Waals surface area contributed by atoms with Crippen LogP contribution < -0.4 is 0 Å². The highest BCUT2D eigenvalue weighted by atomic mass is 16.3. The first-order valence-electron chi connectivity index (χ1n) is 5.10. The Kier molecular flexibility index (Phi) is 4.26. The molecule has 0 bridgehead atoms. The third-order valence-electron chi connectivity index (χ3n) is 2.19. The molecular weight excluding hydrogens is 236 g/mol. The molecule has 0 atom stereocenters. The Bertz CT molecular complexity index is 517. The monoisotopic (exact) mass is 250 g/mol. The van der Waals surface area contributed by atoms with Crippen molar-refractivity contribution in [1.82, 2.24) is 0 Å². The molecule has 0 spiro atoms. The SMILES string of the molecule is Cc1ccc(O)cc1O.Oc1cccc(O)c1O. The van der Waals surface area contributed by atoms with Crippen molar-refractivity contribution in [3.63, 3.8) is 0 Å². The first kappa shape index (κ1) is 13.5. The molecule has 0 aliphatic rings. The summed E-state index contributed by atoms with van der Waals surface area (Å²) in [6.07, 6.45) is 0. The Morgan fingerprint density at radius 3 is 1.67 bits per heavy atom. The van der Waals surface area contributed by atoms with E-state index in [9.17, 15) is 0 Å². The van der Waals surface area contributed by atoms with E-state index < -0.39 is 5.75 Å². The average molecular weight is 250 g/mol. The molecule has 0 aromatic heterocycles. The Morgan fingerprint density at radius 1 is 0.722 bits per heavy atom. The van der Waals surface area contributed by atoms with Crippen molar-refractivity contribution < 1.29 is 25.5 Å². The summed E-state index contributed by atoms with van der Waals surface area (Å²) in [7, 11) is 0. The third-order valence-corrected chi connectivity index (χ3v) is 2.19. The zero-order valence-electron chi connectivity index (χ0n) is 9.70. The van der Waals surface area contributed by atoms with Crippen LogP contribution in [0.25, 0.3) is 0 Å². The van der Waals surface area contributed by atoms with E-state index in [0.29, 0.717) is 0 Å². The average Bonchev–Trinajstić information content (AvgIpc) is 2.32. The Hall–Kier alpha value is -2.56. The third kappa shape index (κ3) is 3.48. The van der Waals surface area contributed by atoms with Crippen LogP contribution in [0.3, 0.4) is 0 Å². The number of aryl methyl sites for hydroxylation is 1. The second kappa shape index (κ2) is 5.67. The van der Waals surface area contributed by atoms with Crippen molar-refractivity contribution >= 4 is 0 Å². The van der Waals surface area contributed by atoms with E-state index in [2.05, 4.69) is 0 Å². The minimum absolute atomic E-state index is 0.0955. The fourth-order valence-electron chi connectivity index (χ4n) is 1.12. The van der Waals surface area contributed by atoms with E-state index in [1.807, 2.05) is 0 Å². The van der Waals surface area contributed by atoms with Crippen molar-refractivity contribution in [1.29, 1.82) is 0 Å². The molecule has 2 rings (SSSR count). The quantitative estimate of drug-likeness (QED) is 0.461. The topological polar surface area (TPSA) is 101 Å². The van der Waals surface area contributed by atoms with Crippen LogP contribution in [0.15, 0.2) is 36.4 Å². The molecule has 0 amide bonds. The highest BCUT2D eigenvalue weighted by Gasteiger charge is 2.01. The van der Waals surface area contributed by atoms with Crippen molar-refractivity contribution in [2.75, 3.05) is 0 Å². The fraction of sp³-hybridized carbons (Fsp3) is 0.0769. The van der Waals surface area contributed by atoms with Crippen LogP contribution in [0.2, 0.25) is 0 Å². The smallest absolute Gasteiger partial charge is 0.200 e. The molecule has 2 aromatic rings. The zero-order chi connectivity index (χ0) is 13.7. The van der Waals surface area contributed by atoms with Gasteiger partial charge in [0.2, 0.25) is 0 Å². The fourth-order valence-corrected chi connectivity index (χ4v) is 1.12. The van der Waals surface area contributed by atoms with Crippen molar-refractivity contribution in [3.8, 4) is 28.7 Å². The number of hydrogen-bond acceptors (Lipinski definition) is 5. The van der Waals surface area contributed by atoms with Gasteiger partial charge in [-0.15, -0.1) is 0 Å². The molecule has 0 unspecified atom stereocenters. The molecule has 96 valence electrons. The lowest BCUT2D eigenvalue weighted by Crippen LogP contribution is -1.71. The summed E-state index contributed by atoms with van der Waals surface area (Å²) >= 11 is 0. The summed E-state index contributed by atoms with van der Waals surface area (Å²) < 4.78 is 0. The van der Waals surface area contributed by atoms with Crippen LogP contribution >= 0.6 is 0 Å². The maximum absolute atomic E-state index is 8.94. The predicted octanol–water partition coefficient (Wildman–Crippen LogP) is 2.21. The Labute approximate surface area is 104 Å². The number of benzene rings is 2. The molecular formula is C13H14O5. The number of hydrogen-bond donors (Lipinski definition) is 5. The number of phenolic OH excluding ortho intramolecular Hbond substituents is 5. The zero-order valence-corrected chi connectivity index (χ0v) is 9.70. The van der Waals surface area contributed by atoms with Crippen LogP contribution in [-0.2, 0) is 0 Å². The standard InChI is InChI=1S/C7H8O2.C6H6O3/c1-5-2-3-6(8)4-7(5)9;7-4-2-1-3-5(8)6(4)9/h2-4,8-9H,1H3;1-3,7-9H. The lowest BCUT2D eigenvalue weighted by molar-refractivity contribution is 0.368. The van der Waals surface area contributed by atoms with E-state index in [1.54, 1.807) is 13.0 Å². The summed E-state index contributed by atoms with van der Waals surface area (Å²) in [6, 6.07) is 8.52. The summed E-state index contributed by atoms with van der Waals surface area (Å²) in [4.78, 5) is 0. The van der Waals surface area contributed by atoms with Gasteiger partial charge in [0.05, 0.1) is 0 Å². The lowest BCUT2D eigenvalue weighted by Gasteiger charge is -1.96.